The highest BCUT2D eigenvalue weighted by Crippen LogP contribution is 2.34. The van der Waals surface area contributed by atoms with Crippen molar-refractivity contribution in [2.75, 3.05) is 17.2 Å². The molecule has 1 atom stereocenters. The number of nitrogens with zero attached hydrogens (tertiary/aromatic N) is 3. The second-order valence-corrected chi connectivity index (χ2v) is 5.78. The number of carbonyl (C=O) groups excluding carboxylic acids is 1. The van der Waals surface area contributed by atoms with Crippen LogP contribution in [-0.2, 0) is 4.79 Å². The molecule has 5 nitrogen and oxygen atoms in total. The molecule has 0 spiro atoms. The molecule has 23 heavy (non-hydrogen) atoms. The van der Waals surface area contributed by atoms with E-state index >= 15 is 0 Å². The molecule has 120 valence electrons. The van der Waals surface area contributed by atoms with Gasteiger partial charge in [0.15, 0.2) is 0 Å². The lowest BCUT2D eigenvalue weighted by Crippen LogP contribution is -2.30. The van der Waals surface area contributed by atoms with Crippen LogP contribution in [0.5, 0.6) is 0 Å². The first-order chi connectivity index (χ1) is 11.0. The Hall–Kier alpha value is -2.50. The van der Waals surface area contributed by atoms with E-state index in [0.717, 1.165) is 5.69 Å². The lowest BCUT2D eigenvalue weighted by molar-refractivity contribution is -0.118. The van der Waals surface area contributed by atoms with Crippen molar-refractivity contribution in [2.45, 2.75) is 32.2 Å². The minimum atomic E-state index is -0.268. The van der Waals surface area contributed by atoms with Crippen molar-refractivity contribution in [3.63, 3.8) is 0 Å². The molecule has 0 saturated carbocycles. The number of halogens is 1. The number of nitrogens with two attached hydrogens (primary N) is 1. The number of Topliss-reactive ketones (excluding diaryl/α,β-unsaturated/α-hetero) is 1. The van der Waals surface area contributed by atoms with Gasteiger partial charge in [0.25, 0.3) is 0 Å². The molecular weight excluding hydrogens is 295 g/mol. The van der Waals surface area contributed by atoms with E-state index in [2.05, 4.69) is 9.97 Å². The number of benzene rings is 1. The Morgan fingerprint density at radius 1 is 1.26 bits per heavy atom. The standard InChI is InChI=1S/C17H19FN4O/c1-11-10-16(21-17(19)20-11)22-9-8-12(23)6-7-15(22)13-4-2-3-5-14(13)18/h2-5,10,15H,6-9H2,1H3,(H2,19,20,21)/t15-/m1/s1. The quantitative estimate of drug-likeness (QED) is 0.923. The van der Waals surface area contributed by atoms with Gasteiger partial charge in [-0.1, -0.05) is 18.2 Å². The maximum absolute atomic E-state index is 14.3. The van der Waals surface area contributed by atoms with Crippen LogP contribution in [0.4, 0.5) is 16.2 Å². The van der Waals surface area contributed by atoms with Gasteiger partial charge in [-0.3, -0.25) is 4.79 Å². The van der Waals surface area contributed by atoms with Gasteiger partial charge in [-0.25, -0.2) is 9.37 Å². The van der Waals surface area contributed by atoms with Crippen molar-refractivity contribution in [1.82, 2.24) is 9.97 Å². The topological polar surface area (TPSA) is 72.1 Å². The Bertz CT molecular complexity index is 714. The summed E-state index contributed by atoms with van der Waals surface area (Å²) < 4.78 is 14.3. The Morgan fingerprint density at radius 3 is 2.78 bits per heavy atom. The SMILES string of the molecule is Cc1cc(N2CCC(=O)CC[C@@H]2c2ccccc2F)nc(N)n1. The third-order valence-corrected chi connectivity index (χ3v) is 4.12. The maximum atomic E-state index is 14.3. The zero-order chi connectivity index (χ0) is 16.4. The molecule has 1 saturated heterocycles. The van der Waals surface area contributed by atoms with Crippen LogP contribution in [0, 0.1) is 12.7 Å². The summed E-state index contributed by atoms with van der Waals surface area (Å²) in [5.74, 6) is 0.740. The Balaban J connectivity index is 2.05. The highest BCUT2D eigenvalue weighted by atomic mass is 19.1. The van der Waals surface area contributed by atoms with E-state index < -0.39 is 0 Å². The van der Waals surface area contributed by atoms with Crippen LogP contribution in [0.3, 0.4) is 0 Å². The van der Waals surface area contributed by atoms with Gasteiger partial charge in [-0.05, 0) is 19.4 Å². The van der Waals surface area contributed by atoms with Gasteiger partial charge >= 0.3 is 0 Å². The van der Waals surface area contributed by atoms with Crippen molar-refractivity contribution in [1.29, 1.82) is 0 Å². The van der Waals surface area contributed by atoms with E-state index in [1.165, 1.54) is 6.07 Å². The Kier molecular flexibility index (Phi) is 4.23. The predicted molar refractivity (Wildman–Crippen MR) is 86.5 cm³/mol. The fraction of sp³-hybridized carbons (Fsp3) is 0.353. The van der Waals surface area contributed by atoms with Gasteiger partial charge < -0.3 is 10.6 Å². The molecular formula is C17H19FN4O. The summed E-state index contributed by atoms with van der Waals surface area (Å²) in [6.45, 7) is 2.33. The number of aromatic nitrogens is 2. The number of ketones is 1. The van der Waals surface area contributed by atoms with Gasteiger partial charge in [-0.2, -0.15) is 4.98 Å². The fourth-order valence-corrected chi connectivity index (χ4v) is 3.04. The number of nitrogen functional groups attached to an aromatic ring is 1. The minimum absolute atomic E-state index is 0.183. The number of rotatable bonds is 2. The van der Waals surface area contributed by atoms with Crippen molar-refractivity contribution >= 4 is 17.5 Å². The number of carbonyl (C=O) groups is 1. The molecule has 1 aromatic carbocycles. The van der Waals surface area contributed by atoms with E-state index in [0.29, 0.717) is 37.2 Å². The van der Waals surface area contributed by atoms with Gasteiger partial charge in [0.05, 0.1) is 6.04 Å². The first-order valence-corrected chi connectivity index (χ1v) is 7.68. The summed E-state index contributed by atoms with van der Waals surface area (Å²) in [6, 6.07) is 8.26. The molecule has 2 aromatic rings. The average molecular weight is 314 g/mol. The zero-order valence-electron chi connectivity index (χ0n) is 13.0. The minimum Gasteiger partial charge on any atom is -0.368 e. The number of hydrogen-bond acceptors (Lipinski definition) is 5. The molecule has 0 aliphatic carbocycles. The lowest BCUT2D eigenvalue weighted by atomic mass is 10.00. The van der Waals surface area contributed by atoms with Crippen LogP contribution in [0.25, 0.3) is 0 Å². The van der Waals surface area contributed by atoms with Crippen LogP contribution >= 0.6 is 0 Å². The summed E-state index contributed by atoms with van der Waals surface area (Å²) in [5.41, 5.74) is 7.08. The molecule has 6 heteroatoms. The fourth-order valence-electron chi connectivity index (χ4n) is 3.04. The molecule has 1 aliphatic heterocycles. The summed E-state index contributed by atoms with van der Waals surface area (Å²) in [5, 5.41) is 0. The van der Waals surface area contributed by atoms with Crippen LogP contribution in [0.2, 0.25) is 0 Å². The van der Waals surface area contributed by atoms with Crippen LogP contribution in [0.15, 0.2) is 30.3 Å². The second kappa shape index (κ2) is 6.32. The smallest absolute Gasteiger partial charge is 0.222 e. The van der Waals surface area contributed by atoms with Gasteiger partial charge in [-0.15, -0.1) is 0 Å². The molecule has 0 unspecified atom stereocenters. The van der Waals surface area contributed by atoms with Crippen molar-refractivity contribution in [2.24, 2.45) is 0 Å². The number of aryl methyl sites for hydroxylation is 1. The molecule has 0 bridgehead atoms. The zero-order valence-corrected chi connectivity index (χ0v) is 13.0. The molecule has 1 aliphatic rings. The molecule has 3 rings (SSSR count). The number of anilines is 2. The molecule has 1 fully saturated rings. The highest BCUT2D eigenvalue weighted by Gasteiger charge is 2.28. The number of hydrogen-bond donors (Lipinski definition) is 1. The first-order valence-electron chi connectivity index (χ1n) is 7.68. The first kappa shape index (κ1) is 15.4. The lowest BCUT2D eigenvalue weighted by Gasteiger charge is -2.31. The molecule has 1 aromatic heterocycles. The maximum Gasteiger partial charge on any atom is 0.222 e. The molecule has 2 heterocycles. The summed E-state index contributed by atoms with van der Waals surface area (Å²) >= 11 is 0. The monoisotopic (exact) mass is 314 g/mol. The molecule has 0 amide bonds. The van der Waals surface area contributed by atoms with Crippen LogP contribution in [-0.4, -0.2) is 22.3 Å². The van der Waals surface area contributed by atoms with Gasteiger partial charge in [0, 0.05) is 36.7 Å². The van der Waals surface area contributed by atoms with E-state index in [1.54, 1.807) is 12.1 Å². The summed E-state index contributed by atoms with van der Waals surface area (Å²) in [4.78, 5) is 22.2. The normalized spacial score (nSPS) is 18.8. The van der Waals surface area contributed by atoms with Crippen LogP contribution < -0.4 is 10.6 Å². The van der Waals surface area contributed by atoms with Crippen molar-refractivity contribution in [3.8, 4) is 0 Å². The third-order valence-electron chi connectivity index (χ3n) is 4.12. The van der Waals surface area contributed by atoms with Crippen molar-refractivity contribution < 1.29 is 9.18 Å². The predicted octanol–water partition coefficient (Wildman–Crippen LogP) is 2.81. The summed E-state index contributed by atoms with van der Waals surface area (Å²) in [6.07, 6.45) is 1.42. The summed E-state index contributed by atoms with van der Waals surface area (Å²) in [7, 11) is 0. The van der Waals surface area contributed by atoms with E-state index in [9.17, 15) is 9.18 Å². The highest BCUT2D eigenvalue weighted by molar-refractivity contribution is 5.79. The molecule has 2 N–H and O–H groups in total. The van der Waals surface area contributed by atoms with Crippen molar-refractivity contribution in [3.05, 3.63) is 47.4 Å². The van der Waals surface area contributed by atoms with Gasteiger partial charge in [0.1, 0.15) is 17.4 Å². The van der Waals surface area contributed by atoms with Crippen LogP contribution in [0.1, 0.15) is 36.6 Å². The largest absolute Gasteiger partial charge is 0.368 e. The van der Waals surface area contributed by atoms with E-state index in [4.69, 9.17) is 5.73 Å². The third kappa shape index (κ3) is 3.31. The van der Waals surface area contributed by atoms with Gasteiger partial charge in [0.2, 0.25) is 5.95 Å². The second-order valence-electron chi connectivity index (χ2n) is 5.78. The Labute approximate surface area is 134 Å². The van der Waals surface area contributed by atoms with E-state index in [-0.39, 0.29) is 23.6 Å². The average Bonchev–Trinajstić information content (AvgIpc) is 2.69. The van der Waals surface area contributed by atoms with E-state index in [1.807, 2.05) is 24.0 Å². The molecule has 0 radical (unpaired) electrons. The Morgan fingerprint density at radius 2 is 2.04 bits per heavy atom.